The molecule has 0 saturated heterocycles. The number of hydrogen-bond donors (Lipinski definition) is 1. The van der Waals surface area contributed by atoms with Crippen LogP contribution in [0.1, 0.15) is 38.7 Å². The van der Waals surface area contributed by atoms with Crippen LogP contribution in [-0.2, 0) is 16.1 Å². The zero-order chi connectivity index (χ0) is 13.4. The summed E-state index contributed by atoms with van der Waals surface area (Å²) >= 11 is 3.85. The van der Waals surface area contributed by atoms with Gasteiger partial charge in [0.1, 0.15) is 0 Å². The smallest absolute Gasteiger partial charge is 0.188 e. The van der Waals surface area contributed by atoms with Gasteiger partial charge in [0, 0.05) is 6.42 Å². The first-order valence-electron chi connectivity index (χ1n) is 6.49. The van der Waals surface area contributed by atoms with Crippen molar-refractivity contribution in [2.24, 2.45) is 5.92 Å². The van der Waals surface area contributed by atoms with Crippen LogP contribution in [0, 0.1) is 5.92 Å². The predicted molar refractivity (Wildman–Crippen MR) is 77.7 cm³/mol. The summed E-state index contributed by atoms with van der Waals surface area (Å²) in [7, 11) is 0. The topological polar surface area (TPSA) is 26.3 Å². The van der Waals surface area contributed by atoms with E-state index in [2.05, 4.69) is 26.5 Å². The Morgan fingerprint density at radius 3 is 2.56 bits per heavy atom. The van der Waals surface area contributed by atoms with Gasteiger partial charge < -0.3 is 4.74 Å². The number of hydrogen-bond acceptors (Lipinski definition) is 2. The summed E-state index contributed by atoms with van der Waals surface area (Å²) in [5, 5.41) is -0.101. The molecule has 2 unspecified atom stereocenters. The summed E-state index contributed by atoms with van der Waals surface area (Å²) in [6.45, 7) is 4.90. The number of carbonyl (C=O) groups is 1. The fourth-order valence-electron chi connectivity index (χ4n) is 1.81. The summed E-state index contributed by atoms with van der Waals surface area (Å²) in [5.74, 6) is 0.568. The van der Waals surface area contributed by atoms with E-state index in [1.165, 1.54) is 0 Å². The maximum Gasteiger partial charge on any atom is 0.188 e. The highest BCUT2D eigenvalue weighted by atomic mass is 32.1. The van der Waals surface area contributed by atoms with Crippen molar-refractivity contribution in [1.82, 2.24) is 0 Å². The fraction of sp³-hybridized carbons (Fsp3) is 0.533. The van der Waals surface area contributed by atoms with Gasteiger partial charge in [-0.25, -0.2) is 0 Å². The molecule has 0 aromatic heterocycles. The molecule has 0 fully saturated rings. The molecule has 0 N–H and O–H groups in total. The third-order valence-corrected chi connectivity index (χ3v) is 3.28. The molecule has 3 heteroatoms. The predicted octanol–water partition coefficient (Wildman–Crippen LogP) is 3.85. The fourth-order valence-corrected chi connectivity index (χ4v) is 2.01. The Morgan fingerprint density at radius 2 is 2.00 bits per heavy atom. The van der Waals surface area contributed by atoms with Gasteiger partial charge in [-0.15, -0.1) is 12.6 Å². The van der Waals surface area contributed by atoms with Crippen molar-refractivity contribution < 1.29 is 9.53 Å². The number of rotatable bonds is 8. The molecular weight excluding hydrogens is 244 g/mol. The summed E-state index contributed by atoms with van der Waals surface area (Å²) in [6, 6.07) is 10.0. The van der Waals surface area contributed by atoms with Gasteiger partial charge in [-0.2, -0.15) is 0 Å². The summed E-state index contributed by atoms with van der Waals surface area (Å²) in [6.07, 6.45) is 2.38. The Morgan fingerprint density at radius 1 is 1.33 bits per heavy atom. The molecule has 0 bridgehead atoms. The molecule has 18 heavy (non-hydrogen) atoms. The van der Waals surface area contributed by atoms with Crippen LogP contribution in [0.4, 0.5) is 0 Å². The van der Waals surface area contributed by atoms with E-state index in [9.17, 15) is 4.79 Å². The Labute approximate surface area is 115 Å². The quantitative estimate of drug-likeness (QED) is 0.723. The molecule has 0 amide bonds. The molecule has 0 aliphatic heterocycles. The highest BCUT2D eigenvalue weighted by molar-refractivity contribution is 7.96. The molecule has 0 saturated carbocycles. The first-order chi connectivity index (χ1) is 8.61. The van der Waals surface area contributed by atoms with Gasteiger partial charge in [0.2, 0.25) is 0 Å². The Kier molecular flexibility index (Phi) is 7.06. The van der Waals surface area contributed by atoms with Gasteiger partial charge in [-0.1, -0.05) is 50.6 Å². The first-order valence-corrected chi connectivity index (χ1v) is 6.93. The lowest BCUT2D eigenvalue weighted by atomic mass is 9.99. The molecule has 0 aliphatic rings. The van der Waals surface area contributed by atoms with Crippen LogP contribution in [0.25, 0.3) is 0 Å². The van der Waals surface area contributed by atoms with E-state index in [1.807, 2.05) is 30.3 Å². The van der Waals surface area contributed by atoms with Crippen LogP contribution in [0.5, 0.6) is 0 Å². The molecule has 2 atom stereocenters. The molecule has 0 aliphatic carbocycles. The summed E-state index contributed by atoms with van der Waals surface area (Å²) in [4.78, 5) is 11.1. The normalized spacial score (nSPS) is 14.2. The third-order valence-electron chi connectivity index (χ3n) is 3.09. The Hall–Kier alpha value is -0.800. The minimum atomic E-state index is -0.101. The largest absolute Gasteiger partial charge is 0.373 e. The summed E-state index contributed by atoms with van der Waals surface area (Å²) in [5.41, 5.74) is 1.14. The van der Waals surface area contributed by atoms with E-state index >= 15 is 0 Å². The van der Waals surface area contributed by atoms with Gasteiger partial charge in [-0.3, -0.25) is 4.79 Å². The van der Waals surface area contributed by atoms with Gasteiger partial charge in [0.25, 0.3) is 0 Å². The number of carbonyl (C=O) groups excluding carboxylic acids is 1. The molecule has 0 heterocycles. The maximum absolute atomic E-state index is 11.1. The van der Waals surface area contributed by atoms with E-state index in [4.69, 9.17) is 4.74 Å². The van der Waals surface area contributed by atoms with Gasteiger partial charge in [0.05, 0.1) is 12.7 Å². The van der Waals surface area contributed by atoms with Crippen LogP contribution < -0.4 is 0 Å². The van der Waals surface area contributed by atoms with E-state index in [0.29, 0.717) is 18.9 Å². The lowest BCUT2D eigenvalue weighted by molar-refractivity contribution is -0.114. The Balaban J connectivity index is 2.47. The maximum atomic E-state index is 11.1. The minimum absolute atomic E-state index is 0.0230. The Bertz CT molecular complexity index is 351. The monoisotopic (exact) mass is 266 g/mol. The van der Waals surface area contributed by atoms with Crippen LogP contribution in [0.15, 0.2) is 30.3 Å². The van der Waals surface area contributed by atoms with Crippen molar-refractivity contribution >= 4 is 17.7 Å². The van der Waals surface area contributed by atoms with E-state index in [-0.39, 0.29) is 11.2 Å². The van der Waals surface area contributed by atoms with Crippen LogP contribution in [0.2, 0.25) is 0 Å². The second kappa shape index (κ2) is 8.33. The molecule has 1 aromatic rings. The zero-order valence-electron chi connectivity index (χ0n) is 11.1. The van der Waals surface area contributed by atoms with Crippen molar-refractivity contribution in [2.75, 3.05) is 0 Å². The van der Waals surface area contributed by atoms with E-state index < -0.39 is 0 Å². The van der Waals surface area contributed by atoms with Crippen molar-refractivity contribution in [3.05, 3.63) is 35.9 Å². The molecule has 1 aromatic carbocycles. The number of ether oxygens (including phenoxy) is 1. The van der Waals surface area contributed by atoms with Crippen molar-refractivity contribution in [2.45, 2.75) is 45.8 Å². The van der Waals surface area contributed by atoms with Crippen LogP contribution in [-0.4, -0.2) is 11.2 Å². The van der Waals surface area contributed by atoms with Crippen molar-refractivity contribution in [3.63, 3.8) is 0 Å². The lowest BCUT2D eigenvalue weighted by Crippen LogP contribution is -2.18. The van der Waals surface area contributed by atoms with E-state index in [0.717, 1.165) is 18.4 Å². The molecular formula is C15H22O2S. The zero-order valence-corrected chi connectivity index (χ0v) is 12.0. The highest BCUT2D eigenvalue weighted by Crippen LogP contribution is 2.17. The highest BCUT2D eigenvalue weighted by Gasteiger charge is 2.15. The molecule has 0 radical (unpaired) electrons. The standard InChI is InChI=1S/C15H22O2S/c1-3-12(2)9-14(10-15(16)18)17-11-13-7-5-4-6-8-13/h4-8,12,14H,3,9-11H2,1-2H3,(H,16,18). The van der Waals surface area contributed by atoms with Gasteiger partial charge in [-0.05, 0) is 17.9 Å². The SMILES string of the molecule is CCC(C)CC(CC(=O)S)OCc1ccccc1. The van der Waals surface area contributed by atoms with Gasteiger partial charge in [0.15, 0.2) is 5.12 Å². The molecule has 2 nitrogen and oxygen atoms in total. The third kappa shape index (κ3) is 6.22. The van der Waals surface area contributed by atoms with Crippen molar-refractivity contribution in [3.8, 4) is 0 Å². The molecule has 0 spiro atoms. The second-order valence-electron chi connectivity index (χ2n) is 4.77. The van der Waals surface area contributed by atoms with Crippen LogP contribution in [0.3, 0.4) is 0 Å². The van der Waals surface area contributed by atoms with E-state index in [1.54, 1.807) is 0 Å². The average Bonchev–Trinajstić information content (AvgIpc) is 2.36. The van der Waals surface area contributed by atoms with Crippen molar-refractivity contribution in [1.29, 1.82) is 0 Å². The number of thiol groups is 1. The average molecular weight is 266 g/mol. The minimum Gasteiger partial charge on any atom is -0.373 e. The first kappa shape index (κ1) is 15.3. The molecule has 1 rings (SSSR count). The molecule has 100 valence electrons. The van der Waals surface area contributed by atoms with Gasteiger partial charge >= 0.3 is 0 Å². The van der Waals surface area contributed by atoms with Crippen LogP contribution >= 0.6 is 12.6 Å². The number of benzene rings is 1. The second-order valence-corrected chi connectivity index (χ2v) is 5.26. The summed E-state index contributed by atoms with van der Waals surface area (Å²) < 4.78 is 5.84. The lowest BCUT2D eigenvalue weighted by Gasteiger charge is -2.19.